The molecule has 0 bridgehead atoms. The van der Waals surface area contributed by atoms with Crippen molar-refractivity contribution >= 4 is 17.8 Å². The molecule has 2 heterocycles. The third kappa shape index (κ3) is 3.91. The van der Waals surface area contributed by atoms with Gasteiger partial charge in [-0.05, 0) is 24.6 Å². The molecule has 2 N–H and O–H groups in total. The number of rotatable bonds is 5. The lowest BCUT2D eigenvalue weighted by atomic mass is 10.1. The molecule has 1 saturated heterocycles. The summed E-state index contributed by atoms with van der Waals surface area (Å²) in [7, 11) is 1.80. The first-order chi connectivity index (χ1) is 12.5. The Balaban J connectivity index is 1.63. The second-order valence-electron chi connectivity index (χ2n) is 6.42. The molecular formula is C18H24N6O2. The molecule has 138 valence electrons. The fourth-order valence-corrected chi connectivity index (χ4v) is 2.99. The fraction of sp³-hybridized carbons (Fsp3) is 0.444. The summed E-state index contributed by atoms with van der Waals surface area (Å²) in [5, 5.41) is 9.77. The number of nitrogens with zero attached hydrogens (tertiary/aromatic N) is 4. The number of amides is 2. The number of carbonyl (C=O) groups is 2. The van der Waals surface area contributed by atoms with Crippen LogP contribution in [0.25, 0.3) is 0 Å². The van der Waals surface area contributed by atoms with Gasteiger partial charge in [-0.1, -0.05) is 19.1 Å². The summed E-state index contributed by atoms with van der Waals surface area (Å²) in [5.74, 6) is 0.944. The van der Waals surface area contributed by atoms with E-state index in [9.17, 15) is 9.59 Å². The quantitative estimate of drug-likeness (QED) is 0.832. The van der Waals surface area contributed by atoms with Crippen LogP contribution in [0.2, 0.25) is 0 Å². The Morgan fingerprint density at radius 2 is 2.08 bits per heavy atom. The summed E-state index contributed by atoms with van der Waals surface area (Å²) in [4.78, 5) is 30.5. The molecule has 0 unspecified atom stereocenters. The van der Waals surface area contributed by atoms with Gasteiger partial charge in [0, 0.05) is 38.7 Å². The Morgan fingerprint density at radius 3 is 2.73 bits per heavy atom. The first-order valence-electron chi connectivity index (χ1n) is 8.80. The average Bonchev–Trinajstić information content (AvgIpc) is 2.99. The lowest BCUT2D eigenvalue weighted by molar-refractivity contribution is -0.128. The minimum atomic E-state index is -0.240. The van der Waals surface area contributed by atoms with Crippen molar-refractivity contribution in [3.05, 3.63) is 41.2 Å². The van der Waals surface area contributed by atoms with Crippen LogP contribution in [0.3, 0.4) is 0 Å². The van der Waals surface area contributed by atoms with Crippen molar-refractivity contribution in [2.45, 2.75) is 32.9 Å². The van der Waals surface area contributed by atoms with Crippen molar-refractivity contribution in [3.63, 3.8) is 0 Å². The maximum absolute atomic E-state index is 12.4. The predicted molar refractivity (Wildman–Crippen MR) is 97.7 cm³/mol. The number of aromatic nitrogens is 3. The van der Waals surface area contributed by atoms with Crippen LogP contribution in [0.5, 0.6) is 0 Å². The van der Waals surface area contributed by atoms with Gasteiger partial charge in [0.15, 0.2) is 0 Å². The molecular weight excluding hydrogens is 332 g/mol. The van der Waals surface area contributed by atoms with E-state index < -0.39 is 0 Å². The van der Waals surface area contributed by atoms with Crippen molar-refractivity contribution < 1.29 is 9.59 Å². The molecule has 0 radical (unpaired) electrons. The average molecular weight is 356 g/mol. The first kappa shape index (κ1) is 18.1. The number of piperazine rings is 1. The monoisotopic (exact) mass is 356 g/mol. The second kappa shape index (κ2) is 7.65. The van der Waals surface area contributed by atoms with E-state index in [0.717, 1.165) is 24.4 Å². The molecule has 1 aromatic carbocycles. The van der Waals surface area contributed by atoms with Gasteiger partial charge in [0.2, 0.25) is 11.9 Å². The van der Waals surface area contributed by atoms with Crippen LogP contribution in [-0.4, -0.2) is 50.6 Å². The van der Waals surface area contributed by atoms with E-state index in [4.69, 9.17) is 0 Å². The third-order valence-corrected chi connectivity index (χ3v) is 4.62. The zero-order chi connectivity index (χ0) is 18.7. The van der Waals surface area contributed by atoms with Crippen LogP contribution in [0.4, 0.5) is 5.95 Å². The number of nitrogens with one attached hydrogen (secondary N) is 2. The van der Waals surface area contributed by atoms with Crippen LogP contribution in [-0.2, 0) is 24.8 Å². The van der Waals surface area contributed by atoms with E-state index in [1.54, 1.807) is 23.9 Å². The highest BCUT2D eigenvalue weighted by Crippen LogP contribution is 2.13. The standard InChI is InChI=1S/C18H24N6O2/c1-4-15-20-18(22-23(15)3)21-17(26)14-7-5-13(6-8-14)11-24-10-9-19-16(25)12(24)2/h5-8,12H,4,9-11H2,1-3H3,(H,19,25)(H,21,22,26)/t12-/m0/s1. The molecule has 1 aliphatic rings. The van der Waals surface area contributed by atoms with Crippen molar-refractivity contribution in [1.82, 2.24) is 25.0 Å². The van der Waals surface area contributed by atoms with Gasteiger partial charge in [-0.15, -0.1) is 5.10 Å². The summed E-state index contributed by atoms with van der Waals surface area (Å²) >= 11 is 0. The first-order valence-corrected chi connectivity index (χ1v) is 8.80. The molecule has 1 fully saturated rings. The van der Waals surface area contributed by atoms with Gasteiger partial charge in [0.1, 0.15) is 5.82 Å². The van der Waals surface area contributed by atoms with E-state index in [-0.39, 0.29) is 17.9 Å². The lowest BCUT2D eigenvalue weighted by Crippen LogP contribution is -2.53. The second-order valence-corrected chi connectivity index (χ2v) is 6.42. The highest BCUT2D eigenvalue weighted by molar-refractivity contribution is 6.03. The van der Waals surface area contributed by atoms with E-state index in [2.05, 4.69) is 25.6 Å². The highest BCUT2D eigenvalue weighted by Gasteiger charge is 2.25. The van der Waals surface area contributed by atoms with Gasteiger partial charge >= 0.3 is 0 Å². The summed E-state index contributed by atoms with van der Waals surface area (Å²) in [6, 6.07) is 7.25. The van der Waals surface area contributed by atoms with E-state index in [1.165, 1.54) is 0 Å². The van der Waals surface area contributed by atoms with Crippen molar-refractivity contribution in [1.29, 1.82) is 0 Å². The number of carbonyl (C=O) groups excluding carboxylic acids is 2. The maximum Gasteiger partial charge on any atom is 0.258 e. The SMILES string of the molecule is CCc1nc(NC(=O)c2ccc(CN3CCNC(=O)[C@@H]3C)cc2)nn1C. The highest BCUT2D eigenvalue weighted by atomic mass is 16.2. The molecule has 3 rings (SSSR count). The molecule has 0 spiro atoms. The number of hydrogen-bond donors (Lipinski definition) is 2. The van der Waals surface area contributed by atoms with Gasteiger partial charge in [-0.25, -0.2) is 0 Å². The van der Waals surface area contributed by atoms with Crippen molar-refractivity contribution in [2.24, 2.45) is 7.05 Å². The number of benzene rings is 1. The molecule has 26 heavy (non-hydrogen) atoms. The van der Waals surface area contributed by atoms with Crippen LogP contribution in [0.1, 0.15) is 35.6 Å². The van der Waals surface area contributed by atoms with Gasteiger partial charge in [-0.3, -0.25) is 24.5 Å². The van der Waals surface area contributed by atoms with Crippen molar-refractivity contribution in [3.8, 4) is 0 Å². The van der Waals surface area contributed by atoms with E-state index in [0.29, 0.717) is 24.6 Å². The van der Waals surface area contributed by atoms with Gasteiger partial charge < -0.3 is 5.32 Å². The molecule has 0 saturated carbocycles. The molecule has 2 amide bonds. The van der Waals surface area contributed by atoms with Crippen LogP contribution >= 0.6 is 0 Å². The molecule has 8 nitrogen and oxygen atoms in total. The third-order valence-electron chi connectivity index (χ3n) is 4.62. The van der Waals surface area contributed by atoms with E-state index >= 15 is 0 Å². The summed E-state index contributed by atoms with van der Waals surface area (Å²) < 4.78 is 1.66. The fourth-order valence-electron chi connectivity index (χ4n) is 2.99. The Labute approximate surface area is 152 Å². The minimum Gasteiger partial charge on any atom is -0.353 e. The molecule has 1 aromatic heterocycles. The van der Waals surface area contributed by atoms with Crippen LogP contribution in [0.15, 0.2) is 24.3 Å². The Hall–Kier alpha value is -2.74. The van der Waals surface area contributed by atoms with Crippen molar-refractivity contribution in [2.75, 3.05) is 18.4 Å². The normalized spacial score (nSPS) is 17.8. The lowest BCUT2D eigenvalue weighted by Gasteiger charge is -2.32. The number of aryl methyl sites for hydroxylation is 2. The maximum atomic E-state index is 12.4. The topological polar surface area (TPSA) is 92.2 Å². The van der Waals surface area contributed by atoms with Crippen LogP contribution in [0, 0.1) is 0 Å². The Morgan fingerprint density at radius 1 is 1.35 bits per heavy atom. The molecule has 1 atom stereocenters. The van der Waals surface area contributed by atoms with E-state index in [1.807, 2.05) is 26.0 Å². The van der Waals surface area contributed by atoms with Gasteiger partial charge in [0.25, 0.3) is 5.91 Å². The van der Waals surface area contributed by atoms with Gasteiger partial charge in [-0.2, -0.15) is 4.98 Å². The molecule has 2 aromatic rings. The molecule has 0 aliphatic carbocycles. The largest absolute Gasteiger partial charge is 0.353 e. The zero-order valence-corrected chi connectivity index (χ0v) is 15.3. The predicted octanol–water partition coefficient (Wildman–Crippen LogP) is 0.950. The number of hydrogen-bond acceptors (Lipinski definition) is 5. The Bertz CT molecular complexity index is 799. The number of anilines is 1. The summed E-state index contributed by atoms with van der Waals surface area (Å²) in [6.45, 7) is 6.06. The molecule has 8 heteroatoms. The van der Waals surface area contributed by atoms with Gasteiger partial charge in [0.05, 0.1) is 6.04 Å². The molecule has 1 aliphatic heterocycles. The zero-order valence-electron chi connectivity index (χ0n) is 15.3. The summed E-state index contributed by atoms with van der Waals surface area (Å²) in [5.41, 5.74) is 1.61. The Kier molecular flexibility index (Phi) is 5.32. The minimum absolute atomic E-state index is 0.0570. The summed E-state index contributed by atoms with van der Waals surface area (Å²) in [6.07, 6.45) is 0.751. The smallest absolute Gasteiger partial charge is 0.258 e. The van der Waals surface area contributed by atoms with Crippen LogP contribution < -0.4 is 10.6 Å².